The van der Waals surface area contributed by atoms with E-state index in [1.54, 1.807) is 0 Å². The first-order valence-corrected chi connectivity index (χ1v) is 5.73. The normalized spacial score (nSPS) is 10.7. The molecule has 0 spiro atoms. The van der Waals surface area contributed by atoms with Crippen molar-refractivity contribution in [2.24, 2.45) is 7.05 Å². The molecule has 0 atom stereocenters. The molecule has 0 aliphatic carbocycles. The van der Waals surface area contributed by atoms with Crippen LogP contribution < -0.4 is 0 Å². The summed E-state index contributed by atoms with van der Waals surface area (Å²) in [5.74, 6) is 2.16. The van der Waals surface area contributed by atoms with E-state index >= 15 is 0 Å². The monoisotopic (exact) mass is 235 g/mol. The standard InChI is InChI=1S/C12H14ClN3/c1-9-4-3-5-10(6-9)7-11-14-15-12(8-13)16(11)2/h3-6H,7-8H2,1-2H3. The lowest BCUT2D eigenvalue weighted by Crippen LogP contribution is -2.02. The van der Waals surface area contributed by atoms with Crippen LogP contribution in [0.2, 0.25) is 0 Å². The first kappa shape index (κ1) is 11.1. The Morgan fingerprint density at radius 1 is 1.25 bits per heavy atom. The Bertz CT molecular complexity index is 491. The lowest BCUT2D eigenvalue weighted by atomic mass is 10.1. The fourth-order valence-electron chi connectivity index (χ4n) is 1.67. The number of halogens is 1. The Morgan fingerprint density at radius 3 is 2.62 bits per heavy atom. The number of aromatic nitrogens is 3. The minimum Gasteiger partial charge on any atom is -0.317 e. The van der Waals surface area contributed by atoms with Gasteiger partial charge in [-0.3, -0.25) is 0 Å². The van der Waals surface area contributed by atoms with Gasteiger partial charge in [0.1, 0.15) is 11.6 Å². The summed E-state index contributed by atoms with van der Waals surface area (Å²) in [6.45, 7) is 2.09. The predicted molar refractivity (Wildman–Crippen MR) is 64.5 cm³/mol. The van der Waals surface area contributed by atoms with Gasteiger partial charge in [0.25, 0.3) is 0 Å². The van der Waals surface area contributed by atoms with Crippen LogP contribution in [0.3, 0.4) is 0 Å². The van der Waals surface area contributed by atoms with Gasteiger partial charge in [0.2, 0.25) is 0 Å². The first-order valence-electron chi connectivity index (χ1n) is 5.19. The van der Waals surface area contributed by atoms with Gasteiger partial charge in [0, 0.05) is 13.5 Å². The molecule has 16 heavy (non-hydrogen) atoms. The van der Waals surface area contributed by atoms with E-state index < -0.39 is 0 Å². The molecular formula is C12H14ClN3. The summed E-state index contributed by atoms with van der Waals surface area (Å²) in [6.07, 6.45) is 0.794. The molecule has 0 aliphatic heterocycles. The number of hydrogen-bond acceptors (Lipinski definition) is 2. The van der Waals surface area contributed by atoms with E-state index in [2.05, 4.69) is 41.4 Å². The molecule has 2 rings (SSSR count). The van der Waals surface area contributed by atoms with Gasteiger partial charge >= 0.3 is 0 Å². The number of benzene rings is 1. The first-order chi connectivity index (χ1) is 7.70. The summed E-state index contributed by atoms with van der Waals surface area (Å²) in [4.78, 5) is 0. The maximum absolute atomic E-state index is 5.75. The van der Waals surface area contributed by atoms with Gasteiger partial charge in [-0.25, -0.2) is 0 Å². The molecule has 84 valence electrons. The van der Waals surface area contributed by atoms with Gasteiger partial charge in [-0.15, -0.1) is 21.8 Å². The molecule has 0 N–H and O–H groups in total. The van der Waals surface area contributed by atoms with Crippen LogP contribution in [0.4, 0.5) is 0 Å². The van der Waals surface area contributed by atoms with Gasteiger partial charge in [0.05, 0.1) is 5.88 Å². The average Bonchev–Trinajstić information content (AvgIpc) is 2.60. The second-order valence-corrected chi connectivity index (χ2v) is 4.16. The lowest BCUT2D eigenvalue weighted by Gasteiger charge is -2.03. The van der Waals surface area contributed by atoms with Crippen molar-refractivity contribution in [2.75, 3.05) is 0 Å². The largest absolute Gasteiger partial charge is 0.317 e. The molecule has 1 aromatic heterocycles. The van der Waals surface area contributed by atoms with Crippen molar-refractivity contribution in [3.05, 3.63) is 47.0 Å². The minimum absolute atomic E-state index is 0.400. The molecule has 0 radical (unpaired) electrons. The Hall–Kier alpha value is -1.35. The van der Waals surface area contributed by atoms with Crippen LogP contribution in [0, 0.1) is 6.92 Å². The summed E-state index contributed by atoms with van der Waals surface area (Å²) >= 11 is 5.75. The number of alkyl halides is 1. The van der Waals surface area contributed by atoms with E-state index in [9.17, 15) is 0 Å². The molecule has 4 heteroatoms. The molecule has 0 unspecified atom stereocenters. The zero-order valence-electron chi connectivity index (χ0n) is 9.44. The van der Waals surface area contributed by atoms with Gasteiger partial charge in [-0.1, -0.05) is 29.8 Å². The third-order valence-electron chi connectivity index (χ3n) is 2.62. The van der Waals surface area contributed by atoms with Gasteiger partial charge in [0.15, 0.2) is 0 Å². The number of aryl methyl sites for hydroxylation is 1. The van der Waals surface area contributed by atoms with Crippen molar-refractivity contribution in [3.63, 3.8) is 0 Å². The number of rotatable bonds is 3. The van der Waals surface area contributed by atoms with Gasteiger partial charge in [-0.2, -0.15) is 0 Å². The SMILES string of the molecule is Cc1cccc(Cc2nnc(CCl)n2C)c1. The molecule has 1 heterocycles. The van der Waals surface area contributed by atoms with Crippen LogP contribution in [-0.2, 0) is 19.3 Å². The van der Waals surface area contributed by atoms with E-state index in [-0.39, 0.29) is 0 Å². The summed E-state index contributed by atoms with van der Waals surface area (Å²) < 4.78 is 1.95. The third-order valence-corrected chi connectivity index (χ3v) is 2.86. The van der Waals surface area contributed by atoms with Crippen LogP contribution in [0.25, 0.3) is 0 Å². The van der Waals surface area contributed by atoms with E-state index in [1.807, 2.05) is 11.6 Å². The molecule has 0 saturated carbocycles. The minimum atomic E-state index is 0.400. The molecule has 3 nitrogen and oxygen atoms in total. The highest BCUT2D eigenvalue weighted by molar-refractivity contribution is 6.16. The van der Waals surface area contributed by atoms with Crippen molar-refractivity contribution in [2.45, 2.75) is 19.2 Å². The van der Waals surface area contributed by atoms with Gasteiger partial charge < -0.3 is 4.57 Å². The molecule has 0 saturated heterocycles. The second kappa shape index (κ2) is 4.66. The van der Waals surface area contributed by atoms with E-state index in [4.69, 9.17) is 11.6 Å². The van der Waals surface area contributed by atoms with E-state index in [1.165, 1.54) is 11.1 Å². The quantitative estimate of drug-likeness (QED) is 0.766. The maximum atomic E-state index is 5.75. The van der Waals surface area contributed by atoms with Crippen LogP contribution in [0.15, 0.2) is 24.3 Å². The van der Waals surface area contributed by atoms with Crippen LogP contribution in [0.1, 0.15) is 22.8 Å². The Labute approximate surface area is 100 Å². The van der Waals surface area contributed by atoms with Crippen molar-refractivity contribution in [1.82, 2.24) is 14.8 Å². The Morgan fingerprint density at radius 2 is 2.00 bits per heavy atom. The molecule has 0 aliphatic rings. The molecule has 1 aromatic carbocycles. The third kappa shape index (κ3) is 2.25. The Kier molecular flexibility index (Phi) is 3.25. The van der Waals surface area contributed by atoms with Crippen LogP contribution in [0.5, 0.6) is 0 Å². The van der Waals surface area contributed by atoms with Crippen molar-refractivity contribution < 1.29 is 0 Å². The Balaban J connectivity index is 2.24. The highest BCUT2D eigenvalue weighted by Gasteiger charge is 2.07. The van der Waals surface area contributed by atoms with Gasteiger partial charge in [-0.05, 0) is 12.5 Å². The summed E-state index contributed by atoms with van der Waals surface area (Å²) in [6, 6.07) is 8.41. The molecule has 2 aromatic rings. The van der Waals surface area contributed by atoms with Crippen LogP contribution >= 0.6 is 11.6 Å². The number of nitrogens with zero attached hydrogens (tertiary/aromatic N) is 3. The zero-order chi connectivity index (χ0) is 11.5. The predicted octanol–water partition coefficient (Wildman–Crippen LogP) is 2.45. The van der Waals surface area contributed by atoms with Crippen molar-refractivity contribution in [3.8, 4) is 0 Å². The van der Waals surface area contributed by atoms with Crippen molar-refractivity contribution >= 4 is 11.6 Å². The lowest BCUT2D eigenvalue weighted by molar-refractivity contribution is 0.790. The summed E-state index contributed by atoms with van der Waals surface area (Å²) in [5, 5.41) is 8.17. The fraction of sp³-hybridized carbons (Fsp3) is 0.333. The fourth-order valence-corrected chi connectivity index (χ4v) is 1.91. The smallest absolute Gasteiger partial charge is 0.147 e. The maximum Gasteiger partial charge on any atom is 0.147 e. The molecule has 0 bridgehead atoms. The van der Waals surface area contributed by atoms with E-state index in [0.717, 1.165) is 18.1 Å². The zero-order valence-corrected chi connectivity index (χ0v) is 10.2. The topological polar surface area (TPSA) is 30.7 Å². The van der Waals surface area contributed by atoms with E-state index in [0.29, 0.717) is 5.88 Å². The second-order valence-electron chi connectivity index (χ2n) is 3.89. The average molecular weight is 236 g/mol. The highest BCUT2D eigenvalue weighted by Crippen LogP contribution is 2.10. The summed E-state index contributed by atoms with van der Waals surface area (Å²) in [5.41, 5.74) is 2.51. The summed E-state index contributed by atoms with van der Waals surface area (Å²) in [7, 11) is 1.95. The highest BCUT2D eigenvalue weighted by atomic mass is 35.5. The molecule has 0 amide bonds. The number of hydrogen-bond donors (Lipinski definition) is 0. The van der Waals surface area contributed by atoms with Crippen LogP contribution in [-0.4, -0.2) is 14.8 Å². The molecular weight excluding hydrogens is 222 g/mol. The van der Waals surface area contributed by atoms with Crippen molar-refractivity contribution in [1.29, 1.82) is 0 Å². The molecule has 0 fully saturated rings.